The zero-order chi connectivity index (χ0) is 33.5. The fourth-order valence-electron chi connectivity index (χ4n) is 2.66. The van der Waals surface area contributed by atoms with Crippen LogP contribution in [0.25, 0.3) is 5.69 Å². The highest BCUT2D eigenvalue weighted by Gasteiger charge is 2.17. The SMILES string of the molecule is C=C(C)N(C)C.C=CC.CC.CC.CC.CC1=CCC=CC=C1.CCC(Cc1ccn(-c2ccc(C)cc2)n1)C(=O)O. The van der Waals surface area contributed by atoms with Crippen LogP contribution in [0.4, 0.5) is 0 Å². The first-order chi connectivity index (χ1) is 20.0. The predicted molar refractivity (Wildman–Crippen MR) is 188 cm³/mol. The molecule has 42 heavy (non-hydrogen) atoms. The van der Waals surface area contributed by atoms with E-state index in [2.05, 4.69) is 55.6 Å². The Labute approximate surface area is 260 Å². The molecule has 5 heteroatoms. The molecule has 0 bridgehead atoms. The summed E-state index contributed by atoms with van der Waals surface area (Å²) >= 11 is 0. The number of carboxylic acid groups (broad SMARTS) is 1. The van der Waals surface area contributed by atoms with Crippen LogP contribution in [0.15, 0.2) is 97.4 Å². The molecule has 3 rings (SSSR count). The van der Waals surface area contributed by atoms with Crippen LogP contribution in [-0.4, -0.2) is 39.9 Å². The van der Waals surface area contributed by atoms with Gasteiger partial charge in [0.15, 0.2) is 0 Å². The number of aromatic nitrogens is 2. The zero-order valence-electron chi connectivity index (χ0n) is 29.2. The van der Waals surface area contributed by atoms with E-state index in [4.69, 9.17) is 5.11 Å². The normalized spacial score (nSPS) is 10.8. The van der Waals surface area contributed by atoms with Crippen LogP contribution in [0.5, 0.6) is 0 Å². The maximum absolute atomic E-state index is 11.0. The molecule has 238 valence electrons. The zero-order valence-corrected chi connectivity index (χ0v) is 29.2. The molecule has 0 amide bonds. The number of hydrogen-bond donors (Lipinski definition) is 1. The summed E-state index contributed by atoms with van der Waals surface area (Å²) in [5.74, 6) is -1.12. The first-order valence-corrected chi connectivity index (χ1v) is 15.3. The van der Waals surface area contributed by atoms with Gasteiger partial charge in [0.2, 0.25) is 0 Å². The Kier molecular flexibility index (Phi) is 34.5. The molecule has 5 nitrogen and oxygen atoms in total. The van der Waals surface area contributed by atoms with Gasteiger partial charge < -0.3 is 10.0 Å². The van der Waals surface area contributed by atoms with Crippen LogP contribution >= 0.6 is 0 Å². The summed E-state index contributed by atoms with van der Waals surface area (Å²) in [4.78, 5) is 13.0. The molecule has 1 atom stereocenters. The molecule has 0 saturated heterocycles. The van der Waals surface area contributed by atoms with Crippen molar-refractivity contribution in [1.29, 1.82) is 0 Å². The van der Waals surface area contributed by atoms with Crippen molar-refractivity contribution in [2.75, 3.05) is 14.1 Å². The number of benzene rings is 1. The minimum atomic E-state index is -0.757. The van der Waals surface area contributed by atoms with E-state index in [9.17, 15) is 4.79 Å². The van der Waals surface area contributed by atoms with Gasteiger partial charge in [0.25, 0.3) is 0 Å². The number of rotatable bonds is 6. The smallest absolute Gasteiger partial charge is 0.306 e. The van der Waals surface area contributed by atoms with Crippen molar-refractivity contribution in [1.82, 2.24) is 14.7 Å². The lowest BCUT2D eigenvalue weighted by atomic mass is 10.0. The maximum atomic E-state index is 11.0. The number of carboxylic acids is 1. The lowest BCUT2D eigenvalue weighted by molar-refractivity contribution is -0.141. The average molecular weight is 582 g/mol. The van der Waals surface area contributed by atoms with Gasteiger partial charge in [-0.15, -0.1) is 6.58 Å². The summed E-state index contributed by atoms with van der Waals surface area (Å²) in [6.07, 6.45) is 16.4. The molecule has 0 aliphatic heterocycles. The Bertz CT molecular complexity index is 1010. The number of carbonyl (C=O) groups is 1. The van der Waals surface area contributed by atoms with Gasteiger partial charge >= 0.3 is 5.97 Å². The minimum absolute atomic E-state index is 0.360. The lowest BCUT2D eigenvalue weighted by Gasteiger charge is -2.08. The summed E-state index contributed by atoms with van der Waals surface area (Å²) < 4.78 is 1.78. The van der Waals surface area contributed by atoms with Gasteiger partial charge in [-0.3, -0.25) is 4.79 Å². The Hall–Kier alpha value is -3.60. The van der Waals surface area contributed by atoms with Gasteiger partial charge in [-0.2, -0.15) is 5.10 Å². The second kappa shape index (κ2) is 31.9. The van der Waals surface area contributed by atoms with Gasteiger partial charge in [0, 0.05) is 32.4 Å². The highest BCUT2D eigenvalue weighted by molar-refractivity contribution is 5.70. The molecule has 0 saturated carbocycles. The van der Waals surface area contributed by atoms with Crippen LogP contribution < -0.4 is 0 Å². The van der Waals surface area contributed by atoms with Crippen LogP contribution in [0.3, 0.4) is 0 Å². The molecule has 0 fully saturated rings. The number of aliphatic carboxylic acids is 1. The van der Waals surface area contributed by atoms with E-state index in [0.717, 1.165) is 23.5 Å². The third-order valence-electron chi connectivity index (χ3n) is 5.19. The van der Waals surface area contributed by atoms with Crippen molar-refractivity contribution in [3.05, 3.63) is 109 Å². The average Bonchev–Trinajstić information content (AvgIpc) is 3.33. The minimum Gasteiger partial charge on any atom is -0.481 e. The molecule has 0 radical (unpaired) electrons. The third kappa shape index (κ3) is 25.4. The summed E-state index contributed by atoms with van der Waals surface area (Å²) in [7, 11) is 3.95. The Morgan fingerprint density at radius 2 is 1.55 bits per heavy atom. The third-order valence-corrected chi connectivity index (χ3v) is 5.19. The molecule has 1 aromatic heterocycles. The molecule has 2 aromatic rings. The number of allylic oxidation sites excluding steroid dienone is 8. The van der Waals surface area contributed by atoms with Gasteiger partial charge in [-0.1, -0.05) is 115 Å². The molecule has 1 aliphatic carbocycles. The standard InChI is InChI=1S/C15H18N2O2.C8H10.C5H11N.C3H6.3C2H6/c1-3-12(15(18)19)10-13-8-9-17(16-13)14-6-4-11(2)5-7-14;1-8-6-4-2-3-5-7-8;1-5(2)6(3)4;1-3-2;3*1-2/h4-9,12H,3,10H2,1-2H3,(H,18,19);2-4,6-7H,5H2,1H3;1H2,2-4H3;3H,1H2,2H3;3*1-2H3. The van der Waals surface area contributed by atoms with E-state index in [0.29, 0.717) is 12.8 Å². The van der Waals surface area contributed by atoms with E-state index in [-0.39, 0.29) is 5.92 Å². The molecule has 1 aromatic carbocycles. The van der Waals surface area contributed by atoms with Crippen molar-refractivity contribution >= 4 is 5.97 Å². The monoisotopic (exact) mass is 581 g/mol. The molecule has 1 heterocycles. The first-order valence-electron chi connectivity index (χ1n) is 15.3. The van der Waals surface area contributed by atoms with Crippen LogP contribution in [0.2, 0.25) is 0 Å². The lowest BCUT2D eigenvalue weighted by Crippen LogP contribution is -2.15. The van der Waals surface area contributed by atoms with Crippen molar-refractivity contribution in [2.45, 2.75) is 95.4 Å². The molecule has 0 spiro atoms. The quantitative estimate of drug-likeness (QED) is 0.345. The second-order valence-electron chi connectivity index (χ2n) is 8.74. The molecular formula is C37H63N3O2. The van der Waals surface area contributed by atoms with E-state index < -0.39 is 5.97 Å². The summed E-state index contributed by atoms with van der Waals surface area (Å²) in [5.41, 5.74) is 5.45. The Morgan fingerprint density at radius 1 is 1.05 bits per heavy atom. The Morgan fingerprint density at radius 3 is 1.98 bits per heavy atom. The number of aryl methyl sites for hydroxylation is 1. The maximum Gasteiger partial charge on any atom is 0.306 e. The highest BCUT2D eigenvalue weighted by Crippen LogP contribution is 2.14. The van der Waals surface area contributed by atoms with E-state index in [1.807, 2.05) is 125 Å². The predicted octanol–water partition coefficient (Wildman–Crippen LogP) is 10.6. The van der Waals surface area contributed by atoms with Crippen molar-refractivity contribution in [3.63, 3.8) is 0 Å². The summed E-state index contributed by atoms with van der Waals surface area (Å²) in [5, 5.41) is 13.5. The van der Waals surface area contributed by atoms with Gasteiger partial charge in [-0.25, -0.2) is 4.68 Å². The molecule has 1 unspecified atom stereocenters. The van der Waals surface area contributed by atoms with Gasteiger partial charge in [0.1, 0.15) is 0 Å². The van der Waals surface area contributed by atoms with Crippen LogP contribution in [-0.2, 0) is 11.2 Å². The molecular weight excluding hydrogens is 518 g/mol. The van der Waals surface area contributed by atoms with E-state index in [1.165, 1.54) is 11.1 Å². The van der Waals surface area contributed by atoms with Crippen LogP contribution in [0, 0.1) is 12.8 Å². The molecule has 1 N–H and O–H groups in total. The van der Waals surface area contributed by atoms with Crippen molar-refractivity contribution in [2.24, 2.45) is 5.92 Å². The Balaban J connectivity index is -0.000000260. The number of hydrogen-bond acceptors (Lipinski definition) is 3. The topological polar surface area (TPSA) is 58.4 Å². The highest BCUT2D eigenvalue weighted by atomic mass is 16.4. The number of nitrogens with zero attached hydrogens (tertiary/aromatic N) is 3. The van der Waals surface area contributed by atoms with E-state index >= 15 is 0 Å². The van der Waals surface area contributed by atoms with Crippen molar-refractivity contribution < 1.29 is 9.90 Å². The van der Waals surface area contributed by atoms with Crippen molar-refractivity contribution in [3.8, 4) is 5.69 Å². The van der Waals surface area contributed by atoms with Crippen LogP contribution in [0.1, 0.15) is 93.3 Å². The first kappa shape index (κ1) is 45.4. The summed E-state index contributed by atoms with van der Waals surface area (Å²) in [6, 6.07) is 9.94. The molecule has 1 aliphatic rings. The largest absolute Gasteiger partial charge is 0.481 e. The second-order valence-corrected chi connectivity index (χ2v) is 8.74. The van der Waals surface area contributed by atoms with Gasteiger partial charge in [-0.05, 0) is 58.7 Å². The summed E-state index contributed by atoms with van der Waals surface area (Å²) in [6.45, 7) is 28.9. The van der Waals surface area contributed by atoms with E-state index in [1.54, 1.807) is 10.8 Å². The fraction of sp³-hybridized carbons (Fsp3) is 0.459. The van der Waals surface area contributed by atoms with Gasteiger partial charge in [0.05, 0.1) is 17.3 Å². The fourth-order valence-corrected chi connectivity index (χ4v) is 2.66.